The van der Waals surface area contributed by atoms with E-state index in [-0.39, 0.29) is 0 Å². The van der Waals surface area contributed by atoms with Gasteiger partial charge in [0.2, 0.25) is 0 Å². The summed E-state index contributed by atoms with van der Waals surface area (Å²) < 4.78 is 0. The number of hydrogen-bond donors (Lipinski definition) is 1. The maximum absolute atomic E-state index is 3.70. The molecule has 1 aliphatic heterocycles. The molecule has 1 aliphatic rings. The molecular weight excluding hydrogens is 208 g/mol. The Balaban J connectivity index is 2.79. The van der Waals surface area contributed by atoms with Crippen molar-refractivity contribution >= 4 is 0 Å². The van der Waals surface area contributed by atoms with Crippen LogP contribution in [0.5, 0.6) is 0 Å². The predicted octanol–water partition coefficient (Wildman–Crippen LogP) is 3.27. The lowest BCUT2D eigenvalue weighted by atomic mass is 9.88. The minimum absolute atomic E-state index is 0.346. The molecule has 0 aromatic carbocycles. The largest absolute Gasteiger partial charge is 0.311 e. The minimum Gasteiger partial charge on any atom is -0.311 e. The number of nitrogens with one attached hydrogen (secondary N) is 1. The lowest BCUT2D eigenvalue weighted by Crippen LogP contribution is -2.64. The van der Waals surface area contributed by atoms with Gasteiger partial charge in [0.1, 0.15) is 0 Å². The zero-order valence-electron chi connectivity index (χ0n) is 12.7. The van der Waals surface area contributed by atoms with Crippen LogP contribution in [0.15, 0.2) is 0 Å². The first-order valence-electron chi connectivity index (χ1n) is 7.42. The summed E-state index contributed by atoms with van der Waals surface area (Å²) >= 11 is 0. The van der Waals surface area contributed by atoms with E-state index in [1.54, 1.807) is 0 Å². The highest BCUT2D eigenvalue weighted by molar-refractivity contribution is 4.94. The van der Waals surface area contributed by atoms with Crippen LogP contribution in [-0.4, -0.2) is 35.6 Å². The third-order valence-electron chi connectivity index (χ3n) is 4.33. The summed E-state index contributed by atoms with van der Waals surface area (Å²) in [5, 5.41) is 3.70. The van der Waals surface area contributed by atoms with Crippen LogP contribution in [0, 0.1) is 5.92 Å². The van der Waals surface area contributed by atoms with E-state index in [0.29, 0.717) is 17.6 Å². The molecule has 1 rings (SSSR count). The highest BCUT2D eigenvalue weighted by Crippen LogP contribution is 2.28. The highest BCUT2D eigenvalue weighted by atomic mass is 15.3. The van der Waals surface area contributed by atoms with Crippen molar-refractivity contribution in [1.82, 2.24) is 10.2 Å². The fraction of sp³-hybridized carbons (Fsp3) is 1.00. The van der Waals surface area contributed by atoms with Crippen LogP contribution in [-0.2, 0) is 0 Å². The molecule has 1 saturated heterocycles. The van der Waals surface area contributed by atoms with Crippen LogP contribution in [0.1, 0.15) is 60.8 Å². The van der Waals surface area contributed by atoms with Gasteiger partial charge in [-0.25, -0.2) is 0 Å². The zero-order chi connectivity index (χ0) is 13.1. The van der Waals surface area contributed by atoms with E-state index in [1.165, 1.54) is 25.8 Å². The van der Waals surface area contributed by atoms with Crippen molar-refractivity contribution in [1.29, 1.82) is 0 Å². The number of nitrogens with zero attached hydrogens (tertiary/aromatic N) is 1. The summed E-state index contributed by atoms with van der Waals surface area (Å²) in [7, 11) is 0. The molecule has 1 N–H and O–H groups in total. The number of piperazine rings is 1. The van der Waals surface area contributed by atoms with Crippen molar-refractivity contribution < 1.29 is 0 Å². The molecule has 17 heavy (non-hydrogen) atoms. The molecule has 2 nitrogen and oxygen atoms in total. The smallest absolute Gasteiger partial charge is 0.0249 e. The summed E-state index contributed by atoms with van der Waals surface area (Å²) in [4.78, 5) is 2.77. The average molecular weight is 240 g/mol. The summed E-state index contributed by atoms with van der Waals surface area (Å²) in [6.45, 7) is 16.5. The average Bonchev–Trinajstić information content (AvgIpc) is 2.28. The Labute approximate surface area is 108 Å². The van der Waals surface area contributed by atoms with E-state index >= 15 is 0 Å². The second kappa shape index (κ2) is 6.19. The fourth-order valence-electron chi connectivity index (χ4n) is 3.16. The number of hydrogen-bond acceptors (Lipinski definition) is 2. The maximum atomic E-state index is 3.70. The van der Waals surface area contributed by atoms with Gasteiger partial charge in [-0.1, -0.05) is 34.1 Å². The second-order valence-electron chi connectivity index (χ2n) is 6.54. The van der Waals surface area contributed by atoms with Gasteiger partial charge in [-0.05, 0) is 32.6 Å². The van der Waals surface area contributed by atoms with Gasteiger partial charge >= 0.3 is 0 Å². The van der Waals surface area contributed by atoms with Gasteiger partial charge in [0.25, 0.3) is 0 Å². The summed E-state index contributed by atoms with van der Waals surface area (Å²) in [6, 6.07) is 1.38. The molecule has 2 heteroatoms. The van der Waals surface area contributed by atoms with Crippen molar-refractivity contribution in [3.63, 3.8) is 0 Å². The molecule has 2 unspecified atom stereocenters. The van der Waals surface area contributed by atoms with E-state index in [9.17, 15) is 0 Å². The maximum Gasteiger partial charge on any atom is 0.0249 e. The van der Waals surface area contributed by atoms with Crippen molar-refractivity contribution in [2.75, 3.05) is 13.1 Å². The standard InChI is InChI=1S/C15H32N2/c1-7-9-15(5,6)17-11-13(8-2)16-10-14(17)12(3)4/h12-14,16H,7-11H2,1-6H3. The Morgan fingerprint density at radius 3 is 2.41 bits per heavy atom. The first-order chi connectivity index (χ1) is 7.92. The van der Waals surface area contributed by atoms with Crippen molar-refractivity contribution in [2.24, 2.45) is 5.92 Å². The van der Waals surface area contributed by atoms with Gasteiger partial charge < -0.3 is 5.32 Å². The summed E-state index contributed by atoms with van der Waals surface area (Å²) in [6.07, 6.45) is 3.81. The van der Waals surface area contributed by atoms with Gasteiger partial charge in [-0.2, -0.15) is 0 Å². The molecule has 0 aromatic rings. The van der Waals surface area contributed by atoms with Gasteiger partial charge in [0.15, 0.2) is 0 Å². The van der Waals surface area contributed by atoms with Crippen LogP contribution in [0.25, 0.3) is 0 Å². The summed E-state index contributed by atoms with van der Waals surface area (Å²) in [5.41, 5.74) is 0.346. The van der Waals surface area contributed by atoms with E-state index in [0.717, 1.165) is 12.5 Å². The molecule has 1 fully saturated rings. The van der Waals surface area contributed by atoms with E-state index < -0.39 is 0 Å². The van der Waals surface area contributed by atoms with Gasteiger partial charge in [-0.3, -0.25) is 4.90 Å². The third-order valence-corrected chi connectivity index (χ3v) is 4.33. The number of rotatable bonds is 5. The SMILES string of the molecule is CCCC(C)(C)N1CC(CC)NCC1C(C)C. The lowest BCUT2D eigenvalue weighted by Gasteiger charge is -2.50. The Morgan fingerprint density at radius 2 is 1.94 bits per heavy atom. The first-order valence-corrected chi connectivity index (χ1v) is 7.42. The first kappa shape index (κ1) is 15.0. The molecule has 102 valence electrons. The molecule has 0 aliphatic carbocycles. The van der Waals surface area contributed by atoms with Gasteiger partial charge in [0.05, 0.1) is 0 Å². The lowest BCUT2D eigenvalue weighted by molar-refractivity contribution is 0.00454. The van der Waals surface area contributed by atoms with Gasteiger partial charge in [0, 0.05) is 30.7 Å². The van der Waals surface area contributed by atoms with Crippen LogP contribution in [0.2, 0.25) is 0 Å². The fourth-order valence-corrected chi connectivity index (χ4v) is 3.16. The van der Waals surface area contributed by atoms with E-state index in [4.69, 9.17) is 0 Å². The van der Waals surface area contributed by atoms with Crippen molar-refractivity contribution in [2.45, 2.75) is 78.4 Å². The minimum atomic E-state index is 0.346. The topological polar surface area (TPSA) is 15.3 Å². The Morgan fingerprint density at radius 1 is 1.29 bits per heavy atom. The summed E-state index contributed by atoms with van der Waals surface area (Å²) in [5.74, 6) is 0.733. The molecule has 0 saturated carbocycles. The van der Waals surface area contributed by atoms with E-state index in [1.807, 2.05) is 0 Å². The quantitative estimate of drug-likeness (QED) is 0.793. The molecular formula is C15H32N2. The van der Waals surface area contributed by atoms with Crippen molar-refractivity contribution in [3.05, 3.63) is 0 Å². The van der Waals surface area contributed by atoms with Crippen molar-refractivity contribution in [3.8, 4) is 0 Å². The van der Waals surface area contributed by atoms with Gasteiger partial charge in [-0.15, -0.1) is 0 Å². The van der Waals surface area contributed by atoms with Crippen LogP contribution in [0.4, 0.5) is 0 Å². The van der Waals surface area contributed by atoms with Crippen LogP contribution in [0.3, 0.4) is 0 Å². The molecule has 0 spiro atoms. The molecule has 0 radical (unpaired) electrons. The molecule has 1 heterocycles. The third kappa shape index (κ3) is 3.69. The normalized spacial score (nSPS) is 27.7. The Kier molecular flexibility index (Phi) is 5.46. The Hall–Kier alpha value is -0.0800. The molecule has 0 aromatic heterocycles. The molecule has 0 bridgehead atoms. The predicted molar refractivity (Wildman–Crippen MR) is 76.4 cm³/mol. The zero-order valence-corrected chi connectivity index (χ0v) is 12.7. The van der Waals surface area contributed by atoms with Crippen LogP contribution >= 0.6 is 0 Å². The van der Waals surface area contributed by atoms with Crippen LogP contribution < -0.4 is 5.32 Å². The van der Waals surface area contributed by atoms with E-state index in [2.05, 4.69) is 51.8 Å². The highest BCUT2D eigenvalue weighted by Gasteiger charge is 2.37. The molecule has 2 atom stereocenters. The monoisotopic (exact) mass is 240 g/mol. The second-order valence-corrected chi connectivity index (χ2v) is 6.54. The Bertz CT molecular complexity index is 223. The molecule has 0 amide bonds.